The predicted octanol–water partition coefficient (Wildman–Crippen LogP) is 4.88. The Kier molecular flexibility index (Phi) is 7.09. The number of ether oxygens (including phenoxy) is 1. The van der Waals surface area contributed by atoms with Crippen LogP contribution in [0.3, 0.4) is 0 Å². The lowest BCUT2D eigenvalue weighted by Crippen LogP contribution is -2.25. The summed E-state index contributed by atoms with van der Waals surface area (Å²) >= 11 is 0. The number of benzene rings is 3. The van der Waals surface area contributed by atoms with Crippen molar-refractivity contribution in [3.8, 4) is 5.75 Å². The number of para-hydroxylation sites is 1. The minimum Gasteiger partial charge on any atom is -0.492 e. The van der Waals surface area contributed by atoms with Crippen molar-refractivity contribution < 1.29 is 19.2 Å². The molecule has 0 spiro atoms. The number of nitro groups is 1. The molecule has 0 atom stereocenters. The lowest BCUT2D eigenvalue weighted by atomic mass is 10.0. The first-order chi connectivity index (χ1) is 18.0. The smallest absolute Gasteiger partial charge is 0.269 e. The van der Waals surface area contributed by atoms with E-state index >= 15 is 0 Å². The van der Waals surface area contributed by atoms with Crippen LogP contribution in [0, 0.1) is 10.1 Å². The van der Waals surface area contributed by atoms with Gasteiger partial charge in [-0.15, -0.1) is 0 Å². The van der Waals surface area contributed by atoms with E-state index in [0.29, 0.717) is 34.7 Å². The highest BCUT2D eigenvalue weighted by atomic mass is 16.6. The van der Waals surface area contributed by atoms with Crippen molar-refractivity contribution in [2.45, 2.75) is 19.4 Å². The summed E-state index contributed by atoms with van der Waals surface area (Å²) in [5, 5.41) is 10.9. The molecule has 0 unspecified atom stereocenters. The first-order valence-corrected chi connectivity index (χ1v) is 12.4. The fourth-order valence-corrected chi connectivity index (χ4v) is 4.74. The number of allylic oxidation sites excluding steroid dienone is 1. The number of likely N-dealkylation sites (tertiary alicyclic amines) is 1. The number of hydrogen-bond donors (Lipinski definition) is 0. The van der Waals surface area contributed by atoms with Crippen molar-refractivity contribution in [2.75, 3.05) is 31.1 Å². The molecular weight excluding hydrogens is 470 g/mol. The maximum absolute atomic E-state index is 13.4. The fraction of sp³-hybridized carbons (Fsp3) is 0.241. The van der Waals surface area contributed by atoms with Gasteiger partial charge in [0, 0.05) is 29.8 Å². The number of nitro benzene ring substituents is 1. The van der Waals surface area contributed by atoms with E-state index in [1.165, 1.54) is 31.1 Å². The SMILES string of the molecule is O=C(/C=C1\C(=O)N(Cc2ccc([N+](=O)[O-])cc2)c2ccccc21)c1ccc(OCCN2CCCC2)cc1. The van der Waals surface area contributed by atoms with Gasteiger partial charge >= 0.3 is 0 Å². The molecule has 0 bridgehead atoms. The van der Waals surface area contributed by atoms with E-state index in [0.717, 1.165) is 25.2 Å². The molecule has 2 heterocycles. The van der Waals surface area contributed by atoms with Crippen LogP contribution in [-0.4, -0.2) is 47.8 Å². The van der Waals surface area contributed by atoms with Gasteiger partial charge in [-0.3, -0.25) is 24.6 Å². The summed E-state index contributed by atoms with van der Waals surface area (Å²) in [4.78, 5) is 40.9. The molecule has 0 aromatic heterocycles. The van der Waals surface area contributed by atoms with Gasteiger partial charge in [0.25, 0.3) is 11.6 Å². The minimum absolute atomic E-state index is 0.00825. The molecule has 8 nitrogen and oxygen atoms in total. The number of nitrogens with zero attached hydrogens (tertiary/aromatic N) is 3. The standard InChI is InChI=1S/C29H27N3O5/c33-28(22-9-13-24(14-10-22)37-18-17-30-15-3-4-16-30)19-26-25-5-1-2-6-27(25)31(29(26)34)20-21-7-11-23(12-8-21)32(35)36/h1-2,5-14,19H,3-4,15-18,20H2/b26-19-. The highest BCUT2D eigenvalue weighted by Crippen LogP contribution is 2.37. The summed E-state index contributed by atoms with van der Waals surface area (Å²) in [5.41, 5.74) is 2.93. The highest BCUT2D eigenvalue weighted by molar-refractivity contribution is 6.35. The maximum Gasteiger partial charge on any atom is 0.269 e. The van der Waals surface area contributed by atoms with Crippen LogP contribution in [0.5, 0.6) is 5.75 Å². The summed E-state index contributed by atoms with van der Waals surface area (Å²) in [6, 6.07) is 20.4. The van der Waals surface area contributed by atoms with Crippen LogP contribution in [0.1, 0.15) is 34.3 Å². The number of hydrogen-bond acceptors (Lipinski definition) is 6. The largest absolute Gasteiger partial charge is 0.492 e. The van der Waals surface area contributed by atoms with Crippen molar-refractivity contribution in [3.63, 3.8) is 0 Å². The van der Waals surface area contributed by atoms with Crippen LogP contribution in [0.15, 0.2) is 78.9 Å². The third-order valence-electron chi connectivity index (χ3n) is 6.74. The molecule has 1 amide bonds. The van der Waals surface area contributed by atoms with Gasteiger partial charge in [-0.2, -0.15) is 0 Å². The lowest BCUT2D eigenvalue weighted by Gasteiger charge is -2.17. The third-order valence-corrected chi connectivity index (χ3v) is 6.74. The van der Waals surface area contributed by atoms with Gasteiger partial charge in [0.15, 0.2) is 5.78 Å². The Balaban J connectivity index is 1.29. The molecule has 188 valence electrons. The first kappa shape index (κ1) is 24.4. The Bertz CT molecular complexity index is 1340. The molecule has 2 aliphatic rings. The second-order valence-electron chi connectivity index (χ2n) is 9.18. The normalized spacial score (nSPS) is 16.3. The molecule has 0 radical (unpaired) electrons. The van der Waals surface area contributed by atoms with Gasteiger partial charge in [-0.1, -0.05) is 30.3 Å². The topological polar surface area (TPSA) is 93.0 Å². The number of carbonyl (C=O) groups excluding carboxylic acids is 2. The lowest BCUT2D eigenvalue weighted by molar-refractivity contribution is -0.384. The molecule has 1 fully saturated rings. The summed E-state index contributed by atoms with van der Waals surface area (Å²) in [6.45, 7) is 3.98. The third kappa shape index (κ3) is 5.44. The second-order valence-corrected chi connectivity index (χ2v) is 9.18. The van der Waals surface area contributed by atoms with Crippen molar-refractivity contribution in [1.82, 2.24) is 4.90 Å². The first-order valence-electron chi connectivity index (χ1n) is 12.4. The van der Waals surface area contributed by atoms with Crippen LogP contribution in [0.4, 0.5) is 11.4 Å². The zero-order valence-corrected chi connectivity index (χ0v) is 20.3. The maximum atomic E-state index is 13.4. The summed E-state index contributed by atoms with van der Waals surface area (Å²) in [7, 11) is 0. The van der Waals surface area contributed by atoms with E-state index in [2.05, 4.69) is 4.90 Å². The van der Waals surface area contributed by atoms with E-state index in [9.17, 15) is 19.7 Å². The van der Waals surface area contributed by atoms with Crippen molar-refractivity contribution in [2.24, 2.45) is 0 Å². The van der Waals surface area contributed by atoms with Gasteiger partial charge < -0.3 is 9.64 Å². The van der Waals surface area contributed by atoms with Crippen LogP contribution < -0.4 is 9.64 Å². The molecule has 0 saturated carbocycles. The summed E-state index contributed by atoms with van der Waals surface area (Å²) < 4.78 is 5.82. The molecule has 0 aliphatic carbocycles. The number of carbonyl (C=O) groups is 2. The molecule has 37 heavy (non-hydrogen) atoms. The van der Waals surface area contributed by atoms with Gasteiger partial charge in [0.1, 0.15) is 12.4 Å². The molecule has 3 aromatic carbocycles. The van der Waals surface area contributed by atoms with E-state index in [4.69, 9.17) is 4.74 Å². The van der Waals surface area contributed by atoms with Gasteiger partial charge in [0.05, 0.1) is 22.7 Å². The number of ketones is 1. The second kappa shape index (κ2) is 10.8. The Morgan fingerprint density at radius 2 is 1.68 bits per heavy atom. The number of rotatable bonds is 9. The van der Waals surface area contributed by atoms with Crippen LogP contribution in [-0.2, 0) is 11.3 Å². The van der Waals surface area contributed by atoms with E-state index in [-0.39, 0.29) is 23.9 Å². The zero-order chi connectivity index (χ0) is 25.8. The monoisotopic (exact) mass is 497 g/mol. The van der Waals surface area contributed by atoms with E-state index in [1.54, 1.807) is 41.3 Å². The average molecular weight is 498 g/mol. The molecular formula is C29H27N3O5. The van der Waals surface area contributed by atoms with Crippen molar-refractivity contribution in [3.05, 3.63) is 106 Å². The molecule has 8 heteroatoms. The van der Waals surface area contributed by atoms with Crippen LogP contribution in [0.2, 0.25) is 0 Å². The Morgan fingerprint density at radius 1 is 0.973 bits per heavy atom. The summed E-state index contributed by atoms with van der Waals surface area (Å²) in [5.74, 6) is 0.161. The average Bonchev–Trinajstić information content (AvgIpc) is 3.52. The van der Waals surface area contributed by atoms with Crippen molar-refractivity contribution in [1.29, 1.82) is 0 Å². The fourth-order valence-electron chi connectivity index (χ4n) is 4.74. The Labute approximate surface area is 214 Å². The molecule has 2 aliphatic heterocycles. The van der Waals surface area contributed by atoms with Crippen LogP contribution in [0.25, 0.3) is 5.57 Å². The minimum atomic E-state index is -0.459. The van der Waals surface area contributed by atoms with Gasteiger partial charge in [-0.25, -0.2) is 0 Å². The molecule has 1 saturated heterocycles. The number of anilines is 1. The van der Waals surface area contributed by atoms with Gasteiger partial charge in [0.2, 0.25) is 0 Å². The summed E-state index contributed by atoms with van der Waals surface area (Å²) in [6.07, 6.45) is 3.88. The Hall–Kier alpha value is -4.30. The number of fused-ring (bicyclic) bond motifs is 1. The van der Waals surface area contributed by atoms with E-state index in [1.807, 2.05) is 24.3 Å². The molecule has 0 N–H and O–H groups in total. The van der Waals surface area contributed by atoms with Gasteiger partial charge in [-0.05, 0) is 67.9 Å². The van der Waals surface area contributed by atoms with Crippen molar-refractivity contribution >= 4 is 28.6 Å². The molecule has 3 aromatic rings. The van der Waals surface area contributed by atoms with Crippen LogP contribution >= 0.6 is 0 Å². The molecule has 5 rings (SSSR count). The number of amides is 1. The number of non-ortho nitro benzene ring substituents is 1. The zero-order valence-electron chi connectivity index (χ0n) is 20.3. The Morgan fingerprint density at radius 3 is 2.38 bits per heavy atom. The van der Waals surface area contributed by atoms with E-state index < -0.39 is 4.92 Å². The predicted molar refractivity (Wildman–Crippen MR) is 141 cm³/mol. The highest BCUT2D eigenvalue weighted by Gasteiger charge is 2.32. The quantitative estimate of drug-likeness (QED) is 0.181.